The molecule has 1 aliphatic rings. The molecular weight excluding hydrogens is 273 g/mol. The third-order valence-electron chi connectivity index (χ3n) is 3.30. The predicted molar refractivity (Wildman–Crippen MR) is 78.2 cm³/mol. The van der Waals surface area contributed by atoms with Crippen molar-refractivity contribution in [2.24, 2.45) is 0 Å². The summed E-state index contributed by atoms with van der Waals surface area (Å²) >= 11 is 0. The van der Waals surface area contributed by atoms with Gasteiger partial charge in [0.15, 0.2) is 0 Å². The van der Waals surface area contributed by atoms with E-state index in [4.69, 9.17) is 0 Å². The second-order valence-electron chi connectivity index (χ2n) is 4.30. The summed E-state index contributed by atoms with van der Waals surface area (Å²) in [4.78, 5) is 14.8. The van der Waals surface area contributed by atoms with E-state index < -0.39 is 0 Å². The highest BCUT2D eigenvalue weighted by Gasteiger charge is 2.18. The molecule has 100 valence electrons. The molecule has 4 nitrogen and oxygen atoms in total. The normalized spacial score (nSPS) is 16.0. The Labute approximate surface area is 118 Å². The number of fused-ring (bicyclic) bond motifs is 1. The molecule has 0 spiro atoms. The zero-order valence-electron chi connectivity index (χ0n) is 9.89. The van der Waals surface area contributed by atoms with E-state index >= 15 is 0 Å². The van der Waals surface area contributed by atoms with E-state index in [-0.39, 0.29) is 30.5 Å². The lowest BCUT2D eigenvalue weighted by Crippen LogP contribution is -2.33. The Morgan fingerprint density at radius 1 is 1.11 bits per heavy atom. The number of imidazole rings is 1. The van der Waals surface area contributed by atoms with Gasteiger partial charge in [-0.15, -0.1) is 24.8 Å². The summed E-state index contributed by atoms with van der Waals surface area (Å²) in [7, 11) is 0. The van der Waals surface area contributed by atoms with Crippen LogP contribution in [0.2, 0.25) is 0 Å². The van der Waals surface area contributed by atoms with Crippen LogP contribution in [0.15, 0.2) is 29.1 Å². The third-order valence-corrected chi connectivity index (χ3v) is 3.30. The summed E-state index contributed by atoms with van der Waals surface area (Å²) in [6.45, 7) is 1.99. The maximum Gasteiger partial charge on any atom is 0.326 e. The smallest absolute Gasteiger partial charge is 0.317 e. The van der Waals surface area contributed by atoms with E-state index in [1.165, 1.54) is 0 Å². The molecule has 0 amide bonds. The molecule has 0 saturated carbocycles. The molecule has 0 bridgehead atoms. The topological polar surface area (TPSA) is 49.8 Å². The first kappa shape index (κ1) is 15.1. The summed E-state index contributed by atoms with van der Waals surface area (Å²) in [5.41, 5.74) is 1.98. The minimum atomic E-state index is 0. The van der Waals surface area contributed by atoms with Crippen LogP contribution in [0.3, 0.4) is 0 Å². The van der Waals surface area contributed by atoms with Crippen molar-refractivity contribution in [1.82, 2.24) is 14.9 Å². The summed E-state index contributed by atoms with van der Waals surface area (Å²) < 4.78 is 1.91. The summed E-state index contributed by atoms with van der Waals surface area (Å²) in [5.74, 6) is 0. The molecule has 0 atom stereocenters. The number of hydrogen-bond acceptors (Lipinski definition) is 2. The monoisotopic (exact) mass is 289 g/mol. The van der Waals surface area contributed by atoms with Gasteiger partial charge >= 0.3 is 5.69 Å². The number of aromatic nitrogens is 2. The van der Waals surface area contributed by atoms with Gasteiger partial charge in [-0.25, -0.2) is 4.79 Å². The Morgan fingerprint density at radius 3 is 2.50 bits per heavy atom. The van der Waals surface area contributed by atoms with Crippen LogP contribution >= 0.6 is 24.8 Å². The van der Waals surface area contributed by atoms with Crippen LogP contribution in [0.25, 0.3) is 11.0 Å². The fraction of sp³-hybridized carbons (Fsp3) is 0.417. The predicted octanol–water partition coefficient (Wildman–Crippen LogP) is 2.10. The standard InChI is InChI=1S/C12H15N3O.2ClH/c16-12-14-10-3-1-2-4-11(10)15(12)9-5-7-13-8-6-9;;/h1-4,9,13H,5-8H2,(H,14,16);2*1H. The number of halogens is 2. The van der Waals surface area contributed by atoms with Crippen molar-refractivity contribution >= 4 is 35.8 Å². The first-order valence-electron chi connectivity index (χ1n) is 5.76. The van der Waals surface area contributed by atoms with E-state index in [0.717, 1.165) is 37.0 Å². The van der Waals surface area contributed by atoms with Gasteiger partial charge in [0.2, 0.25) is 0 Å². The fourth-order valence-corrected chi connectivity index (χ4v) is 2.50. The molecule has 2 N–H and O–H groups in total. The van der Waals surface area contributed by atoms with Crippen molar-refractivity contribution in [2.75, 3.05) is 13.1 Å². The van der Waals surface area contributed by atoms with Gasteiger partial charge in [0.1, 0.15) is 0 Å². The molecule has 18 heavy (non-hydrogen) atoms. The fourth-order valence-electron chi connectivity index (χ4n) is 2.50. The zero-order valence-corrected chi connectivity index (χ0v) is 11.5. The molecule has 3 rings (SSSR count). The number of aromatic amines is 1. The van der Waals surface area contributed by atoms with E-state index in [2.05, 4.69) is 10.3 Å². The SMILES string of the molecule is Cl.Cl.O=c1[nH]c2ccccc2n1C1CCNCC1. The van der Waals surface area contributed by atoms with Gasteiger partial charge in [0, 0.05) is 6.04 Å². The molecule has 1 aliphatic heterocycles. The number of piperidine rings is 1. The van der Waals surface area contributed by atoms with Gasteiger partial charge in [-0.2, -0.15) is 0 Å². The van der Waals surface area contributed by atoms with Crippen molar-refractivity contribution in [3.8, 4) is 0 Å². The van der Waals surface area contributed by atoms with E-state index in [9.17, 15) is 4.79 Å². The Hall–Kier alpha value is -0.970. The number of nitrogens with zero attached hydrogens (tertiary/aromatic N) is 1. The maximum atomic E-state index is 11.9. The zero-order chi connectivity index (χ0) is 11.0. The minimum absolute atomic E-state index is 0. The second kappa shape index (κ2) is 6.27. The van der Waals surface area contributed by atoms with Crippen molar-refractivity contribution in [2.45, 2.75) is 18.9 Å². The van der Waals surface area contributed by atoms with Gasteiger partial charge < -0.3 is 10.3 Å². The molecule has 0 radical (unpaired) electrons. The van der Waals surface area contributed by atoms with Gasteiger partial charge in [-0.3, -0.25) is 4.57 Å². The highest BCUT2D eigenvalue weighted by Crippen LogP contribution is 2.21. The van der Waals surface area contributed by atoms with Crippen LogP contribution in [-0.2, 0) is 0 Å². The minimum Gasteiger partial charge on any atom is -0.317 e. The van der Waals surface area contributed by atoms with E-state index in [1.54, 1.807) is 0 Å². The number of benzene rings is 1. The van der Waals surface area contributed by atoms with Crippen LogP contribution in [0, 0.1) is 0 Å². The van der Waals surface area contributed by atoms with Crippen molar-refractivity contribution in [1.29, 1.82) is 0 Å². The summed E-state index contributed by atoms with van der Waals surface area (Å²) in [6, 6.07) is 8.23. The molecule has 1 aromatic carbocycles. The van der Waals surface area contributed by atoms with Gasteiger partial charge in [0.25, 0.3) is 0 Å². The Bertz CT molecular complexity index is 558. The lowest BCUT2D eigenvalue weighted by Gasteiger charge is -2.23. The Kier molecular flexibility index (Phi) is 5.26. The molecule has 6 heteroatoms. The lowest BCUT2D eigenvalue weighted by atomic mass is 10.1. The molecule has 2 aromatic rings. The number of rotatable bonds is 1. The molecule has 1 aromatic heterocycles. The van der Waals surface area contributed by atoms with Gasteiger partial charge in [-0.1, -0.05) is 12.1 Å². The van der Waals surface area contributed by atoms with Crippen LogP contribution < -0.4 is 11.0 Å². The average molecular weight is 290 g/mol. The Balaban J connectivity index is 0.000000810. The van der Waals surface area contributed by atoms with Crippen LogP contribution in [0.1, 0.15) is 18.9 Å². The van der Waals surface area contributed by atoms with E-state index in [0.29, 0.717) is 6.04 Å². The van der Waals surface area contributed by atoms with Crippen LogP contribution in [-0.4, -0.2) is 22.6 Å². The largest absolute Gasteiger partial charge is 0.326 e. The summed E-state index contributed by atoms with van der Waals surface area (Å²) in [6.07, 6.45) is 2.06. The first-order valence-corrected chi connectivity index (χ1v) is 5.76. The van der Waals surface area contributed by atoms with Crippen molar-refractivity contribution in [3.05, 3.63) is 34.7 Å². The maximum absolute atomic E-state index is 11.9. The van der Waals surface area contributed by atoms with Crippen molar-refractivity contribution in [3.63, 3.8) is 0 Å². The molecule has 2 heterocycles. The lowest BCUT2D eigenvalue weighted by molar-refractivity contribution is 0.368. The van der Waals surface area contributed by atoms with Crippen LogP contribution in [0.4, 0.5) is 0 Å². The number of H-pyrrole nitrogens is 1. The average Bonchev–Trinajstić information content (AvgIpc) is 2.66. The molecule has 0 aliphatic carbocycles. The second-order valence-corrected chi connectivity index (χ2v) is 4.30. The first-order chi connectivity index (χ1) is 7.86. The molecule has 1 fully saturated rings. The Morgan fingerprint density at radius 2 is 1.78 bits per heavy atom. The van der Waals surface area contributed by atoms with Gasteiger partial charge in [-0.05, 0) is 38.1 Å². The quantitative estimate of drug-likeness (QED) is 0.845. The third kappa shape index (κ3) is 2.55. The molecule has 0 unspecified atom stereocenters. The number of para-hydroxylation sites is 2. The van der Waals surface area contributed by atoms with Crippen molar-refractivity contribution < 1.29 is 0 Å². The van der Waals surface area contributed by atoms with Gasteiger partial charge in [0.05, 0.1) is 11.0 Å². The molecular formula is C12H17Cl2N3O. The summed E-state index contributed by atoms with van der Waals surface area (Å²) in [5, 5.41) is 3.32. The number of hydrogen-bond donors (Lipinski definition) is 2. The molecule has 1 saturated heterocycles. The highest BCUT2D eigenvalue weighted by atomic mass is 35.5. The van der Waals surface area contributed by atoms with E-state index in [1.807, 2.05) is 28.8 Å². The number of nitrogens with one attached hydrogen (secondary N) is 2. The van der Waals surface area contributed by atoms with Crippen LogP contribution in [0.5, 0.6) is 0 Å². The highest BCUT2D eigenvalue weighted by molar-refractivity contribution is 5.85.